The third kappa shape index (κ3) is 4.33. The molecule has 0 saturated carbocycles. The summed E-state index contributed by atoms with van der Waals surface area (Å²) in [5, 5.41) is 2.97. The molecule has 1 saturated heterocycles. The minimum absolute atomic E-state index is 0.00924. The zero-order valence-electron chi connectivity index (χ0n) is 16.0. The highest BCUT2D eigenvalue weighted by atomic mass is 19.4. The largest absolute Gasteiger partial charge is 0.418 e. The smallest absolute Gasteiger partial charge is 0.355 e. The van der Waals surface area contributed by atoms with Crippen LogP contribution in [0, 0.1) is 12.8 Å². The number of anilines is 2. The molecule has 1 N–H and O–H groups in total. The van der Waals surface area contributed by atoms with E-state index in [1.807, 2.05) is 0 Å². The van der Waals surface area contributed by atoms with Gasteiger partial charge in [-0.2, -0.15) is 13.2 Å². The Morgan fingerprint density at radius 1 is 1.28 bits per heavy atom. The summed E-state index contributed by atoms with van der Waals surface area (Å²) in [6.07, 6.45) is -1.17. The van der Waals surface area contributed by atoms with E-state index in [-0.39, 0.29) is 42.2 Å². The van der Waals surface area contributed by atoms with Gasteiger partial charge in [-0.15, -0.1) is 0 Å². The predicted octanol–water partition coefficient (Wildman–Crippen LogP) is 5.37. The molecule has 1 aliphatic rings. The molecule has 0 aromatic carbocycles. The highest BCUT2D eigenvalue weighted by Gasteiger charge is 2.42. The maximum Gasteiger partial charge on any atom is 0.418 e. The number of aromatic nitrogens is 2. The van der Waals surface area contributed by atoms with Gasteiger partial charge < -0.3 is 10.2 Å². The summed E-state index contributed by atoms with van der Waals surface area (Å²) >= 11 is 0. The van der Waals surface area contributed by atoms with Gasteiger partial charge in [0.25, 0.3) is 5.92 Å². The molecule has 3 rings (SSSR count). The Labute approximate surface area is 165 Å². The number of hydrogen-bond donors (Lipinski definition) is 1. The summed E-state index contributed by atoms with van der Waals surface area (Å²) in [6.45, 7) is 6.63. The number of halogens is 5. The highest BCUT2D eigenvalue weighted by molar-refractivity contribution is 5.83. The number of pyridine rings is 2. The lowest BCUT2D eigenvalue weighted by Gasteiger charge is -2.38. The van der Waals surface area contributed by atoms with E-state index < -0.39 is 23.6 Å². The lowest BCUT2D eigenvalue weighted by atomic mass is 9.94. The number of rotatable bonds is 4. The van der Waals surface area contributed by atoms with Crippen molar-refractivity contribution in [1.29, 1.82) is 0 Å². The predicted molar refractivity (Wildman–Crippen MR) is 102 cm³/mol. The highest BCUT2D eigenvalue weighted by Crippen LogP contribution is 2.40. The Hall–Kier alpha value is -2.71. The normalized spacial score (nSPS) is 19.1. The van der Waals surface area contributed by atoms with Crippen molar-refractivity contribution in [3.05, 3.63) is 54.0 Å². The van der Waals surface area contributed by atoms with Crippen LogP contribution in [0.5, 0.6) is 0 Å². The van der Waals surface area contributed by atoms with Crippen molar-refractivity contribution in [1.82, 2.24) is 9.97 Å². The summed E-state index contributed by atoms with van der Waals surface area (Å²) in [7, 11) is 0. The van der Waals surface area contributed by atoms with Crippen molar-refractivity contribution in [2.24, 2.45) is 5.92 Å². The molecule has 0 amide bonds. The SMILES string of the molecule is C=C(Nc1ccncc1)c1c(N2CCC(F)(F)C(C)C2)ncc(C(F)(F)F)c1C. The van der Waals surface area contributed by atoms with Gasteiger partial charge >= 0.3 is 6.18 Å². The van der Waals surface area contributed by atoms with Crippen LogP contribution >= 0.6 is 0 Å². The first-order chi connectivity index (χ1) is 13.5. The van der Waals surface area contributed by atoms with Crippen LogP contribution in [0.4, 0.5) is 33.5 Å². The van der Waals surface area contributed by atoms with Crippen molar-refractivity contribution in [2.75, 3.05) is 23.3 Å². The molecular weight excluding hydrogens is 391 g/mol. The topological polar surface area (TPSA) is 41.1 Å². The van der Waals surface area contributed by atoms with Crippen LogP contribution in [0.1, 0.15) is 30.0 Å². The molecule has 2 aromatic heterocycles. The molecule has 4 nitrogen and oxygen atoms in total. The van der Waals surface area contributed by atoms with Gasteiger partial charge in [0.05, 0.1) is 5.56 Å². The zero-order valence-corrected chi connectivity index (χ0v) is 16.0. The summed E-state index contributed by atoms with van der Waals surface area (Å²) in [4.78, 5) is 9.52. The van der Waals surface area contributed by atoms with Gasteiger partial charge in [-0.1, -0.05) is 13.5 Å². The molecule has 0 aliphatic carbocycles. The maximum atomic E-state index is 13.9. The molecule has 0 spiro atoms. The molecule has 2 aromatic rings. The number of alkyl halides is 5. The lowest BCUT2D eigenvalue weighted by Crippen LogP contribution is -2.46. The third-order valence-corrected chi connectivity index (χ3v) is 5.13. The van der Waals surface area contributed by atoms with E-state index >= 15 is 0 Å². The number of hydrogen-bond acceptors (Lipinski definition) is 4. The quantitative estimate of drug-likeness (QED) is 0.686. The van der Waals surface area contributed by atoms with Gasteiger partial charge in [-0.25, -0.2) is 13.8 Å². The molecule has 1 unspecified atom stereocenters. The van der Waals surface area contributed by atoms with E-state index in [4.69, 9.17) is 0 Å². The van der Waals surface area contributed by atoms with Crippen LogP contribution < -0.4 is 10.2 Å². The molecule has 0 bridgehead atoms. The Morgan fingerprint density at radius 3 is 2.52 bits per heavy atom. The second-order valence-corrected chi connectivity index (χ2v) is 7.19. The first kappa shape index (κ1) is 21.0. The lowest BCUT2D eigenvalue weighted by molar-refractivity contribution is -0.138. The molecule has 29 heavy (non-hydrogen) atoms. The fourth-order valence-corrected chi connectivity index (χ4v) is 3.43. The average Bonchev–Trinajstić information content (AvgIpc) is 2.63. The van der Waals surface area contributed by atoms with Gasteiger partial charge in [0.1, 0.15) is 5.82 Å². The van der Waals surface area contributed by atoms with Crippen LogP contribution in [0.3, 0.4) is 0 Å². The molecule has 9 heteroatoms. The summed E-state index contributed by atoms with van der Waals surface area (Å²) in [6, 6.07) is 3.29. The minimum atomic E-state index is -4.59. The van der Waals surface area contributed by atoms with E-state index in [1.54, 1.807) is 17.0 Å². The Kier molecular flexibility index (Phi) is 5.51. The Bertz CT molecular complexity index is 896. The maximum absolute atomic E-state index is 13.9. The van der Waals surface area contributed by atoms with Crippen LogP contribution in [-0.2, 0) is 6.18 Å². The second-order valence-electron chi connectivity index (χ2n) is 7.19. The van der Waals surface area contributed by atoms with E-state index in [0.717, 1.165) is 6.20 Å². The zero-order chi connectivity index (χ0) is 21.4. The van der Waals surface area contributed by atoms with E-state index in [2.05, 4.69) is 21.9 Å². The summed E-state index contributed by atoms with van der Waals surface area (Å²) in [5.74, 6) is -3.55. The molecule has 156 valence electrons. The van der Waals surface area contributed by atoms with E-state index in [9.17, 15) is 22.0 Å². The van der Waals surface area contributed by atoms with E-state index in [1.165, 1.54) is 26.2 Å². The van der Waals surface area contributed by atoms with Crippen LogP contribution in [0.25, 0.3) is 5.70 Å². The summed E-state index contributed by atoms with van der Waals surface area (Å²) in [5.41, 5.74) is 0.0102. The number of nitrogens with zero attached hydrogens (tertiary/aromatic N) is 3. The summed E-state index contributed by atoms with van der Waals surface area (Å²) < 4.78 is 68.1. The number of piperidine rings is 1. The van der Waals surface area contributed by atoms with Gasteiger partial charge in [0, 0.05) is 61.0 Å². The van der Waals surface area contributed by atoms with E-state index in [0.29, 0.717) is 5.69 Å². The second kappa shape index (κ2) is 7.61. The van der Waals surface area contributed by atoms with Gasteiger partial charge in [-0.3, -0.25) is 4.98 Å². The van der Waals surface area contributed by atoms with Crippen LogP contribution in [-0.4, -0.2) is 29.0 Å². The van der Waals surface area contributed by atoms with Gasteiger partial charge in [0.2, 0.25) is 0 Å². The monoisotopic (exact) mass is 412 g/mol. The number of nitrogens with one attached hydrogen (secondary N) is 1. The molecule has 3 heterocycles. The standard InChI is InChI=1S/C20H21F5N4/c1-12-11-29(9-6-19(12,21)22)18-17(13(2)16(10-27-18)20(23,24)25)14(3)28-15-4-7-26-8-5-15/h4-5,7-8,10,12H,3,6,9,11H2,1-2H3,(H,26,28). The minimum Gasteiger partial charge on any atom is -0.355 e. The first-order valence-electron chi connectivity index (χ1n) is 9.06. The molecule has 1 atom stereocenters. The molecular formula is C20H21F5N4. The average molecular weight is 412 g/mol. The molecule has 1 fully saturated rings. The Balaban J connectivity index is 2.04. The van der Waals surface area contributed by atoms with Crippen LogP contribution in [0.15, 0.2) is 37.3 Å². The molecule has 1 aliphatic heterocycles. The van der Waals surface area contributed by atoms with Crippen molar-refractivity contribution < 1.29 is 22.0 Å². The van der Waals surface area contributed by atoms with Crippen molar-refractivity contribution >= 4 is 17.2 Å². The van der Waals surface area contributed by atoms with Crippen molar-refractivity contribution in [3.63, 3.8) is 0 Å². The van der Waals surface area contributed by atoms with Crippen molar-refractivity contribution in [3.8, 4) is 0 Å². The van der Waals surface area contributed by atoms with Gasteiger partial charge in [-0.05, 0) is 24.6 Å². The molecule has 0 radical (unpaired) electrons. The van der Waals surface area contributed by atoms with Crippen LogP contribution in [0.2, 0.25) is 0 Å². The third-order valence-electron chi connectivity index (χ3n) is 5.13. The fourth-order valence-electron chi connectivity index (χ4n) is 3.43. The van der Waals surface area contributed by atoms with Crippen molar-refractivity contribution in [2.45, 2.75) is 32.4 Å². The first-order valence-corrected chi connectivity index (χ1v) is 9.06. The fraction of sp³-hybridized carbons (Fsp3) is 0.400. The van der Waals surface area contributed by atoms with Gasteiger partial charge in [0.15, 0.2) is 0 Å². The Morgan fingerprint density at radius 2 is 1.93 bits per heavy atom.